The average molecular weight is 201 g/mol. The molecule has 0 aliphatic heterocycles. The average Bonchev–Trinajstić information content (AvgIpc) is 1.98. The van der Waals surface area contributed by atoms with Crippen LogP contribution in [0.5, 0.6) is 0 Å². The Morgan fingerprint density at radius 3 is 2.21 bits per heavy atom. The van der Waals surface area contributed by atoms with Crippen molar-refractivity contribution in [3.8, 4) is 0 Å². The highest BCUT2D eigenvalue weighted by atomic mass is 16.3. The van der Waals surface area contributed by atoms with Crippen molar-refractivity contribution >= 4 is 0 Å². The third-order valence-corrected chi connectivity index (χ3v) is 2.30. The highest BCUT2D eigenvalue weighted by molar-refractivity contribution is 4.68. The van der Waals surface area contributed by atoms with Gasteiger partial charge in [0.2, 0.25) is 0 Å². The lowest BCUT2D eigenvalue weighted by atomic mass is 9.99. The topological polar surface area (TPSA) is 32.3 Å². The second-order valence-electron chi connectivity index (χ2n) is 5.41. The fourth-order valence-corrected chi connectivity index (χ4v) is 1.38. The Morgan fingerprint density at radius 1 is 1.21 bits per heavy atom. The second kappa shape index (κ2) is 6.41. The predicted octanol–water partition coefficient (Wildman–Crippen LogP) is 2.56. The van der Waals surface area contributed by atoms with Gasteiger partial charge in [-0.25, -0.2) is 0 Å². The van der Waals surface area contributed by atoms with Crippen LogP contribution in [0.3, 0.4) is 0 Å². The standard InChI is InChI=1S/C12H27NO/c1-10(2)9-13-11(3)7-6-8-12(4,5)14/h10-11,13-14H,6-9H2,1-5H3/t11-/m0/s1. The molecule has 1 atom stereocenters. The Hall–Kier alpha value is -0.0800. The Morgan fingerprint density at radius 2 is 1.79 bits per heavy atom. The van der Waals surface area contributed by atoms with Crippen molar-refractivity contribution in [1.29, 1.82) is 0 Å². The zero-order chi connectivity index (χ0) is 11.2. The minimum absolute atomic E-state index is 0.502. The molecule has 0 aliphatic carbocycles. The Kier molecular flexibility index (Phi) is 6.38. The van der Waals surface area contributed by atoms with Gasteiger partial charge >= 0.3 is 0 Å². The molecule has 14 heavy (non-hydrogen) atoms. The number of hydrogen-bond acceptors (Lipinski definition) is 2. The monoisotopic (exact) mass is 201 g/mol. The van der Waals surface area contributed by atoms with Gasteiger partial charge in [-0.2, -0.15) is 0 Å². The van der Waals surface area contributed by atoms with Gasteiger partial charge in [-0.3, -0.25) is 0 Å². The maximum Gasteiger partial charge on any atom is 0.0591 e. The summed E-state index contributed by atoms with van der Waals surface area (Å²) in [5.41, 5.74) is -0.502. The lowest BCUT2D eigenvalue weighted by Crippen LogP contribution is -2.30. The third-order valence-electron chi connectivity index (χ3n) is 2.30. The molecule has 0 unspecified atom stereocenters. The summed E-state index contributed by atoms with van der Waals surface area (Å²) < 4.78 is 0. The molecule has 0 fully saturated rings. The minimum Gasteiger partial charge on any atom is -0.390 e. The molecule has 86 valence electrons. The largest absolute Gasteiger partial charge is 0.390 e. The highest BCUT2D eigenvalue weighted by Gasteiger charge is 2.12. The summed E-state index contributed by atoms with van der Waals surface area (Å²) in [4.78, 5) is 0. The van der Waals surface area contributed by atoms with Crippen LogP contribution in [0.25, 0.3) is 0 Å². The maximum atomic E-state index is 9.53. The van der Waals surface area contributed by atoms with Crippen molar-refractivity contribution in [3.63, 3.8) is 0 Å². The van der Waals surface area contributed by atoms with Crippen LogP contribution >= 0.6 is 0 Å². The van der Waals surface area contributed by atoms with Crippen molar-refractivity contribution in [3.05, 3.63) is 0 Å². The Balaban J connectivity index is 3.40. The molecule has 0 radical (unpaired) electrons. The van der Waals surface area contributed by atoms with E-state index in [1.165, 1.54) is 0 Å². The molecule has 0 rings (SSSR count). The van der Waals surface area contributed by atoms with Gasteiger partial charge in [0, 0.05) is 6.04 Å². The lowest BCUT2D eigenvalue weighted by molar-refractivity contribution is 0.0675. The third kappa shape index (κ3) is 10.0. The van der Waals surface area contributed by atoms with Crippen molar-refractivity contribution in [2.75, 3.05) is 6.54 Å². The van der Waals surface area contributed by atoms with E-state index < -0.39 is 5.60 Å². The van der Waals surface area contributed by atoms with Gasteiger partial charge < -0.3 is 10.4 Å². The van der Waals surface area contributed by atoms with Gasteiger partial charge in [-0.05, 0) is 52.5 Å². The zero-order valence-corrected chi connectivity index (χ0v) is 10.4. The van der Waals surface area contributed by atoms with Crippen LogP contribution in [0.4, 0.5) is 0 Å². The van der Waals surface area contributed by atoms with Crippen molar-refractivity contribution in [2.45, 2.75) is 65.5 Å². The van der Waals surface area contributed by atoms with Gasteiger partial charge in [-0.15, -0.1) is 0 Å². The van der Waals surface area contributed by atoms with E-state index in [2.05, 4.69) is 26.1 Å². The van der Waals surface area contributed by atoms with E-state index in [1.807, 2.05) is 13.8 Å². The molecule has 0 saturated carbocycles. The summed E-state index contributed by atoms with van der Waals surface area (Å²) in [6, 6.07) is 0.569. The molecule has 0 spiro atoms. The number of nitrogens with one attached hydrogen (secondary N) is 1. The van der Waals surface area contributed by atoms with Crippen LogP contribution in [0.2, 0.25) is 0 Å². The molecule has 0 amide bonds. The van der Waals surface area contributed by atoms with Crippen molar-refractivity contribution in [1.82, 2.24) is 5.32 Å². The highest BCUT2D eigenvalue weighted by Crippen LogP contribution is 2.13. The second-order valence-corrected chi connectivity index (χ2v) is 5.41. The van der Waals surface area contributed by atoms with E-state index in [0.29, 0.717) is 12.0 Å². The first-order valence-electron chi connectivity index (χ1n) is 5.77. The number of rotatable bonds is 7. The van der Waals surface area contributed by atoms with Gasteiger partial charge in [0.05, 0.1) is 5.60 Å². The van der Waals surface area contributed by atoms with Gasteiger partial charge in [0.15, 0.2) is 0 Å². The van der Waals surface area contributed by atoms with E-state index >= 15 is 0 Å². The minimum atomic E-state index is -0.502. The van der Waals surface area contributed by atoms with Gasteiger partial charge in [0.1, 0.15) is 0 Å². The lowest BCUT2D eigenvalue weighted by Gasteiger charge is -2.19. The summed E-state index contributed by atoms with van der Waals surface area (Å²) in [5.74, 6) is 0.715. The molecule has 2 N–H and O–H groups in total. The van der Waals surface area contributed by atoms with Crippen LogP contribution in [-0.2, 0) is 0 Å². The summed E-state index contributed by atoms with van der Waals surface area (Å²) in [5, 5.41) is 13.0. The van der Waals surface area contributed by atoms with Crippen LogP contribution in [0.1, 0.15) is 53.9 Å². The van der Waals surface area contributed by atoms with E-state index in [4.69, 9.17) is 0 Å². The quantitative estimate of drug-likeness (QED) is 0.663. The van der Waals surface area contributed by atoms with Gasteiger partial charge in [-0.1, -0.05) is 13.8 Å². The molecule has 0 aromatic carbocycles. The van der Waals surface area contributed by atoms with Crippen LogP contribution in [0.15, 0.2) is 0 Å². The molecule has 0 heterocycles. The number of hydrogen-bond donors (Lipinski definition) is 2. The summed E-state index contributed by atoms with van der Waals surface area (Å²) >= 11 is 0. The Bertz CT molecular complexity index is 138. The van der Waals surface area contributed by atoms with E-state index in [0.717, 1.165) is 25.8 Å². The molecule has 0 aliphatic rings. The molecular weight excluding hydrogens is 174 g/mol. The molecule has 0 aromatic rings. The van der Waals surface area contributed by atoms with E-state index in [1.54, 1.807) is 0 Å². The zero-order valence-electron chi connectivity index (χ0n) is 10.4. The molecular formula is C12H27NO. The van der Waals surface area contributed by atoms with Gasteiger partial charge in [0.25, 0.3) is 0 Å². The van der Waals surface area contributed by atoms with E-state index in [9.17, 15) is 5.11 Å². The van der Waals surface area contributed by atoms with E-state index in [-0.39, 0.29) is 0 Å². The Labute approximate surface area is 89.1 Å². The SMILES string of the molecule is CC(C)CN[C@@H](C)CCCC(C)(C)O. The summed E-state index contributed by atoms with van der Waals surface area (Å²) in [6.07, 6.45) is 3.13. The smallest absolute Gasteiger partial charge is 0.0591 e. The molecule has 2 nitrogen and oxygen atoms in total. The normalized spacial score (nSPS) is 14.8. The maximum absolute atomic E-state index is 9.53. The molecule has 2 heteroatoms. The molecule has 0 aromatic heterocycles. The predicted molar refractivity (Wildman–Crippen MR) is 62.5 cm³/mol. The molecule has 0 bridgehead atoms. The van der Waals surface area contributed by atoms with Crippen LogP contribution in [0, 0.1) is 5.92 Å². The fourth-order valence-electron chi connectivity index (χ4n) is 1.38. The van der Waals surface area contributed by atoms with Crippen molar-refractivity contribution < 1.29 is 5.11 Å². The first-order chi connectivity index (χ1) is 6.31. The summed E-state index contributed by atoms with van der Waals surface area (Å²) in [6.45, 7) is 11.5. The van der Waals surface area contributed by atoms with Crippen molar-refractivity contribution in [2.24, 2.45) is 5.92 Å². The fraction of sp³-hybridized carbons (Fsp3) is 1.00. The summed E-state index contributed by atoms with van der Waals surface area (Å²) in [7, 11) is 0. The van der Waals surface area contributed by atoms with Crippen LogP contribution < -0.4 is 5.32 Å². The number of aliphatic hydroxyl groups is 1. The molecule has 0 saturated heterocycles. The first kappa shape index (κ1) is 13.9. The van der Waals surface area contributed by atoms with Crippen LogP contribution in [-0.4, -0.2) is 23.3 Å². The first-order valence-corrected chi connectivity index (χ1v) is 5.77.